The molecule has 0 rings (SSSR count). The van der Waals surface area contributed by atoms with E-state index in [4.69, 9.17) is 9.84 Å². The monoisotopic (exact) mass is 116 g/mol. The van der Waals surface area contributed by atoms with Gasteiger partial charge in [-0.05, 0) is 6.42 Å². The quantitative estimate of drug-likeness (QED) is 0.570. The van der Waals surface area contributed by atoms with Gasteiger partial charge < -0.3 is 9.84 Å². The number of hydrogen-bond donors (Lipinski definition) is 1. The average Bonchev–Trinajstić information content (AvgIpc) is 1.83. The van der Waals surface area contributed by atoms with Crippen LogP contribution >= 0.6 is 0 Å². The molecule has 8 heavy (non-hydrogen) atoms. The van der Waals surface area contributed by atoms with Gasteiger partial charge >= 0.3 is 0 Å². The van der Waals surface area contributed by atoms with Gasteiger partial charge in [-0.25, -0.2) is 0 Å². The summed E-state index contributed by atoms with van der Waals surface area (Å²) in [5.41, 5.74) is 0. The third kappa shape index (κ3) is 2.50. The Morgan fingerprint density at radius 3 is 2.50 bits per heavy atom. The minimum Gasteiger partial charge on any atom is -0.512 e. The lowest BCUT2D eigenvalue weighted by atomic mass is 10.3. The summed E-state index contributed by atoms with van der Waals surface area (Å²) in [5.74, 6) is 0.646. The molecular formula is C6H12O2. The van der Waals surface area contributed by atoms with Crippen molar-refractivity contribution in [1.29, 1.82) is 0 Å². The molecule has 1 N–H and O–H groups in total. The van der Waals surface area contributed by atoms with Crippen LogP contribution in [0.3, 0.4) is 0 Å². The summed E-state index contributed by atoms with van der Waals surface area (Å²) in [6.45, 7) is 2.03. The van der Waals surface area contributed by atoms with E-state index in [9.17, 15) is 0 Å². The summed E-state index contributed by atoms with van der Waals surface area (Å²) in [5, 5.41) is 8.37. The zero-order valence-corrected chi connectivity index (χ0v) is 5.35. The molecule has 2 nitrogen and oxygen atoms in total. The number of methoxy groups -OCH3 is 1. The van der Waals surface area contributed by atoms with E-state index in [0.717, 1.165) is 19.1 Å². The Morgan fingerprint density at radius 1 is 1.75 bits per heavy atom. The van der Waals surface area contributed by atoms with Gasteiger partial charge in [0.25, 0.3) is 0 Å². The van der Waals surface area contributed by atoms with E-state index in [-0.39, 0.29) is 0 Å². The molecule has 0 spiro atoms. The van der Waals surface area contributed by atoms with E-state index in [1.54, 1.807) is 7.11 Å². The maximum absolute atomic E-state index is 8.37. The lowest BCUT2D eigenvalue weighted by Crippen LogP contribution is -1.84. The standard InChI is InChI=1S/C6H12O2/c1-3-4-6(5-7)8-2/h5,7H,3-4H2,1-2H3. The fourth-order valence-corrected chi connectivity index (χ4v) is 0.466. The topological polar surface area (TPSA) is 29.5 Å². The summed E-state index contributed by atoms with van der Waals surface area (Å²) in [4.78, 5) is 0. The van der Waals surface area contributed by atoms with Crippen LogP contribution in [0.2, 0.25) is 0 Å². The van der Waals surface area contributed by atoms with Gasteiger partial charge in [-0.15, -0.1) is 0 Å². The molecule has 0 amide bonds. The van der Waals surface area contributed by atoms with Gasteiger partial charge in [0.15, 0.2) is 0 Å². The smallest absolute Gasteiger partial charge is 0.130 e. The molecule has 0 fully saturated rings. The molecule has 0 atom stereocenters. The van der Waals surface area contributed by atoms with Gasteiger partial charge in [0.2, 0.25) is 0 Å². The summed E-state index contributed by atoms with van der Waals surface area (Å²) in [6, 6.07) is 0. The van der Waals surface area contributed by atoms with E-state index in [0.29, 0.717) is 5.76 Å². The molecule has 0 heterocycles. The first kappa shape index (κ1) is 7.34. The normalized spacial score (nSPS) is 11.5. The fourth-order valence-electron chi connectivity index (χ4n) is 0.466. The predicted molar refractivity (Wildman–Crippen MR) is 32.6 cm³/mol. The van der Waals surface area contributed by atoms with Crippen LogP contribution in [0.4, 0.5) is 0 Å². The van der Waals surface area contributed by atoms with Crippen LogP contribution in [-0.4, -0.2) is 12.2 Å². The first-order valence-corrected chi connectivity index (χ1v) is 2.72. The third-order valence-electron chi connectivity index (χ3n) is 0.903. The Morgan fingerprint density at radius 2 is 2.38 bits per heavy atom. The predicted octanol–water partition coefficient (Wildman–Crippen LogP) is 1.83. The molecule has 0 aromatic rings. The maximum Gasteiger partial charge on any atom is 0.130 e. The first-order valence-electron chi connectivity index (χ1n) is 2.72. The minimum absolute atomic E-state index is 0.646. The molecule has 0 aromatic carbocycles. The molecule has 2 heteroatoms. The summed E-state index contributed by atoms with van der Waals surface area (Å²) < 4.78 is 4.75. The molecule has 0 radical (unpaired) electrons. The Bertz CT molecular complexity index is 76.6. The van der Waals surface area contributed by atoms with Crippen molar-refractivity contribution in [1.82, 2.24) is 0 Å². The van der Waals surface area contributed by atoms with Crippen molar-refractivity contribution in [2.24, 2.45) is 0 Å². The maximum atomic E-state index is 8.37. The van der Waals surface area contributed by atoms with Crippen molar-refractivity contribution in [3.05, 3.63) is 12.0 Å². The number of aliphatic hydroxyl groups is 1. The second-order valence-electron chi connectivity index (χ2n) is 1.55. The zero-order chi connectivity index (χ0) is 6.41. The highest BCUT2D eigenvalue weighted by Gasteiger charge is 1.89. The van der Waals surface area contributed by atoms with Crippen molar-refractivity contribution < 1.29 is 9.84 Å². The van der Waals surface area contributed by atoms with Crippen LogP contribution in [0, 0.1) is 0 Å². The Labute approximate surface area is 49.8 Å². The fraction of sp³-hybridized carbons (Fsp3) is 0.667. The van der Waals surface area contributed by atoms with E-state index >= 15 is 0 Å². The Kier molecular flexibility index (Phi) is 4.13. The van der Waals surface area contributed by atoms with Crippen LogP contribution in [0.5, 0.6) is 0 Å². The number of hydrogen-bond acceptors (Lipinski definition) is 2. The van der Waals surface area contributed by atoms with Crippen LogP contribution in [-0.2, 0) is 4.74 Å². The molecular weight excluding hydrogens is 104 g/mol. The van der Waals surface area contributed by atoms with Crippen LogP contribution in [0.25, 0.3) is 0 Å². The van der Waals surface area contributed by atoms with E-state index < -0.39 is 0 Å². The van der Waals surface area contributed by atoms with Gasteiger partial charge in [0, 0.05) is 6.42 Å². The van der Waals surface area contributed by atoms with Crippen molar-refractivity contribution >= 4 is 0 Å². The molecule has 0 aliphatic heterocycles. The Hall–Kier alpha value is -0.660. The van der Waals surface area contributed by atoms with E-state index in [1.165, 1.54) is 0 Å². The van der Waals surface area contributed by atoms with Gasteiger partial charge in [-0.3, -0.25) is 0 Å². The molecule has 0 saturated heterocycles. The van der Waals surface area contributed by atoms with Gasteiger partial charge in [-0.1, -0.05) is 6.92 Å². The summed E-state index contributed by atoms with van der Waals surface area (Å²) in [7, 11) is 1.55. The second kappa shape index (κ2) is 4.50. The number of allylic oxidation sites excluding steroid dienone is 1. The SMILES string of the molecule is CCCC(=CO)OC. The average molecular weight is 116 g/mol. The summed E-state index contributed by atoms with van der Waals surface area (Å²) >= 11 is 0. The lowest BCUT2D eigenvalue weighted by Gasteiger charge is -1.99. The van der Waals surface area contributed by atoms with Crippen molar-refractivity contribution in [3.63, 3.8) is 0 Å². The Balaban J connectivity index is 3.38. The van der Waals surface area contributed by atoms with Crippen LogP contribution in [0.15, 0.2) is 12.0 Å². The van der Waals surface area contributed by atoms with Crippen LogP contribution < -0.4 is 0 Å². The van der Waals surface area contributed by atoms with Crippen molar-refractivity contribution in [2.45, 2.75) is 19.8 Å². The molecule has 0 bridgehead atoms. The number of ether oxygens (including phenoxy) is 1. The third-order valence-corrected chi connectivity index (χ3v) is 0.903. The molecule has 0 saturated carbocycles. The highest BCUT2D eigenvalue weighted by Crippen LogP contribution is 2.02. The molecule has 0 aliphatic carbocycles. The van der Waals surface area contributed by atoms with E-state index in [1.807, 2.05) is 6.92 Å². The van der Waals surface area contributed by atoms with Gasteiger partial charge in [0.1, 0.15) is 12.0 Å². The lowest BCUT2D eigenvalue weighted by molar-refractivity contribution is 0.256. The van der Waals surface area contributed by atoms with Gasteiger partial charge in [0.05, 0.1) is 7.11 Å². The highest BCUT2D eigenvalue weighted by atomic mass is 16.5. The first-order chi connectivity index (χ1) is 3.85. The molecule has 0 aliphatic rings. The second-order valence-corrected chi connectivity index (χ2v) is 1.55. The molecule has 48 valence electrons. The number of aliphatic hydroxyl groups excluding tert-OH is 1. The molecule has 0 unspecified atom stereocenters. The van der Waals surface area contributed by atoms with Gasteiger partial charge in [-0.2, -0.15) is 0 Å². The number of rotatable bonds is 3. The van der Waals surface area contributed by atoms with Crippen LogP contribution in [0.1, 0.15) is 19.8 Å². The minimum atomic E-state index is 0.646. The molecule has 0 aromatic heterocycles. The largest absolute Gasteiger partial charge is 0.512 e. The van der Waals surface area contributed by atoms with Crippen molar-refractivity contribution in [3.8, 4) is 0 Å². The van der Waals surface area contributed by atoms with E-state index in [2.05, 4.69) is 0 Å². The summed E-state index contributed by atoms with van der Waals surface area (Å²) in [6.07, 6.45) is 2.82. The zero-order valence-electron chi connectivity index (χ0n) is 5.35. The van der Waals surface area contributed by atoms with Crippen molar-refractivity contribution in [2.75, 3.05) is 7.11 Å². The highest BCUT2D eigenvalue weighted by molar-refractivity contribution is 4.84.